The summed E-state index contributed by atoms with van der Waals surface area (Å²) < 4.78 is 0. The fourth-order valence-corrected chi connectivity index (χ4v) is 3.33. The highest BCUT2D eigenvalue weighted by molar-refractivity contribution is 6.30. The van der Waals surface area contributed by atoms with Crippen molar-refractivity contribution in [1.29, 1.82) is 0 Å². The van der Waals surface area contributed by atoms with E-state index in [0.717, 1.165) is 11.6 Å². The zero-order valence-corrected chi connectivity index (χ0v) is 13.9. The Balaban J connectivity index is 2.08. The van der Waals surface area contributed by atoms with Crippen LogP contribution in [0, 0.1) is 5.41 Å². The van der Waals surface area contributed by atoms with Gasteiger partial charge in [0.25, 0.3) is 0 Å². The Bertz CT molecular complexity index is 410. The predicted octanol–water partition coefficient (Wildman–Crippen LogP) is 5.22. The van der Waals surface area contributed by atoms with Crippen molar-refractivity contribution in [3.63, 3.8) is 0 Å². The first-order valence-electron chi connectivity index (χ1n) is 7.88. The van der Waals surface area contributed by atoms with Gasteiger partial charge < -0.3 is 5.32 Å². The molecule has 1 aliphatic rings. The standard InChI is InChI=1S/C18H28ClN/c1-17(2,3)20-14-18(11-5-4-6-12-18)13-15-7-9-16(19)10-8-15/h7-10,20H,4-6,11-14H2,1-3H3. The first-order chi connectivity index (χ1) is 9.39. The molecular formula is C18H28ClN. The molecule has 0 heterocycles. The molecule has 1 N–H and O–H groups in total. The van der Waals surface area contributed by atoms with Crippen LogP contribution in [0.15, 0.2) is 24.3 Å². The highest BCUT2D eigenvalue weighted by Crippen LogP contribution is 2.39. The predicted molar refractivity (Wildman–Crippen MR) is 88.4 cm³/mol. The Morgan fingerprint density at radius 1 is 1.05 bits per heavy atom. The lowest BCUT2D eigenvalue weighted by Crippen LogP contribution is -2.45. The second-order valence-electron chi connectivity index (χ2n) is 7.47. The third-order valence-electron chi connectivity index (χ3n) is 4.40. The van der Waals surface area contributed by atoms with E-state index in [-0.39, 0.29) is 5.54 Å². The number of rotatable bonds is 4. The third kappa shape index (κ3) is 4.79. The van der Waals surface area contributed by atoms with E-state index < -0.39 is 0 Å². The fourth-order valence-electron chi connectivity index (χ4n) is 3.21. The molecule has 0 spiro atoms. The van der Waals surface area contributed by atoms with Crippen molar-refractivity contribution in [3.8, 4) is 0 Å². The topological polar surface area (TPSA) is 12.0 Å². The van der Waals surface area contributed by atoms with Gasteiger partial charge in [0.15, 0.2) is 0 Å². The molecule has 1 aromatic rings. The van der Waals surface area contributed by atoms with Gasteiger partial charge in [-0.25, -0.2) is 0 Å². The zero-order chi connectivity index (χ0) is 14.6. The van der Waals surface area contributed by atoms with Crippen molar-refractivity contribution in [1.82, 2.24) is 5.32 Å². The van der Waals surface area contributed by atoms with E-state index in [1.54, 1.807) is 0 Å². The average Bonchev–Trinajstić information content (AvgIpc) is 2.40. The van der Waals surface area contributed by atoms with Gasteiger partial charge in [-0.1, -0.05) is 43.0 Å². The molecule has 0 saturated heterocycles. The van der Waals surface area contributed by atoms with Gasteiger partial charge in [-0.15, -0.1) is 0 Å². The Hall–Kier alpha value is -0.530. The SMILES string of the molecule is CC(C)(C)NCC1(Cc2ccc(Cl)cc2)CCCCC1. The quantitative estimate of drug-likeness (QED) is 0.802. The van der Waals surface area contributed by atoms with Gasteiger partial charge in [0.05, 0.1) is 0 Å². The summed E-state index contributed by atoms with van der Waals surface area (Å²) in [6.07, 6.45) is 8.02. The molecule has 1 fully saturated rings. The molecule has 112 valence electrons. The van der Waals surface area contributed by atoms with Crippen LogP contribution in [0.5, 0.6) is 0 Å². The summed E-state index contributed by atoms with van der Waals surface area (Å²) >= 11 is 6.00. The summed E-state index contributed by atoms with van der Waals surface area (Å²) in [5, 5.41) is 4.57. The van der Waals surface area contributed by atoms with Crippen LogP contribution < -0.4 is 5.32 Å². The number of nitrogens with one attached hydrogen (secondary N) is 1. The molecule has 0 unspecified atom stereocenters. The minimum Gasteiger partial charge on any atom is -0.312 e. The summed E-state index contributed by atoms with van der Waals surface area (Å²) in [7, 11) is 0. The van der Waals surface area contributed by atoms with Gasteiger partial charge >= 0.3 is 0 Å². The Labute approximate surface area is 129 Å². The van der Waals surface area contributed by atoms with E-state index in [1.807, 2.05) is 12.1 Å². The van der Waals surface area contributed by atoms with Crippen LogP contribution in [0.2, 0.25) is 5.02 Å². The van der Waals surface area contributed by atoms with Crippen molar-refractivity contribution >= 4 is 11.6 Å². The number of halogens is 1. The zero-order valence-electron chi connectivity index (χ0n) is 13.1. The van der Waals surface area contributed by atoms with Gasteiger partial charge in [0, 0.05) is 17.1 Å². The molecule has 20 heavy (non-hydrogen) atoms. The second kappa shape index (κ2) is 6.49. The summed E-state index contributed by atoms with van der Waals surface area (Å²) in [6.45, 7) is 7.89. The normalized spacial score (nSPS) is 19.0. The van der Waals surface area contributed by atoms with Crippen LogP contribution in [-0.2, 0) is 6.42 Å². The Morgan fingerprint density at radius 2 is 1.65 bits per heavy atom. The van der Waals surface area contributed by atoms with Crippen LogP contribution >= 0.6 is 11.6 Å². The van der Waals surface area contributed by atoms with Gasteiger partial charge in [-0.05, 0) is 63.1 Å². The smallest absolute Gasteiger partial charge is 0.0406 e. The maximum atomic E-state index is 6.00. The highest BCUT2D eigenvalue weighted by Gasteiger charge is 2.33. The molecule has 2 heteroatoms. The molecule has 0 aromatic heterocycles. The number of benzene rings is 1. The lowest BCUT2D eigenvalue weighted by Gasteiger charge is -2.40. The van der Waals surface area contributed by atoms with Gasteiger partial charge in [-0.3, -0.25) is 0 Å². The molecule has 0 amide bonds. The third-order valence-corrected chi connectivity index (χ3v) is 4.65. The van der Waals surface area contributed by atoms with E-state index in [0.29, 0.717) is 5.41 Å². The van der Waals surface area contributed by atoms with E-state index in [1.165, 1.54) is 44.1 Å². The lowest BCUT2D eigenvalue weighted by atomic mass is 9.70. The molecule has 1 aromatic carbocycles. The maximum Gasteiger partial charge on any atom is 0.0406 e. The summed E-state index contributed by atoms with van der Waals surface area (Å²) in [5.41, 5.74) is 2.05. The second-order valence-corrected chi connectivity index (χ2v) is 7.90. The average molecular weight is 294 g/mol. The maximum absolute atomic E-state index is 6.00. The van der Waals surface area contributed by atoms with Crippen LogP contribution in [-0.4, -0.2) is 12.1 Å². The molecular weight excluding hydrogens is 266 g/mol. The molecule has 2 rings (SSSR count). The van der Waals surface area contributed by atoms with Crippen molar-refractivity contribution in [2.24, 2.45) is 5.41 Å². The van der Waals surface area contributed by atoms with E-state index in [2.05, 4.69) is 38.2 Å². The molecule has 1 saturated carbocycles. The van der Waals surface area contributed by atoms with Gasteiger partial charge in [0.2, 0.25) is 0 Å². The van der Waals surface area contributed by atoms with Crippen molar-refractivity contribution in [3.05, 3.63) is 34.9 Å². The van der Waals surface area contributed by atoms with Crippen LogP contribution in [0.3, 0.4) is 0 Å². The number of hydrogen-bond donors (Lipinski definition) is 1. The van der Waals surface area contributed by atoms with E-state index in [4.69, 9.17) is 11.6 Å². The lowest BCUT2D eigenvalue weighted by molar-refractivity contribution is 0.165. The monoisotopic (exact) mass is 293 g/mol. The van der Waals surface area contributed by atoms with Crippen molar-refractivity contribution in [2.45, 2.75) is 64.8 Å². The minimum absolute atomic E-state index is 0.199. The molecule has 0 bridgehead atoms. The Morgan fingerprint density at radius 3 is 2.20 bits per heavy atom. The fraction of sp³-hybridized carbons (Fsp3) is 0.667. The molecule has 0 atom stereocenters. The molecule has 1 aliphatic carbocycles. The van der Waals surface area contributed by atoms with E-state index >= 15 is 0 Å². The molecule has 1 nitrogen and oxygen atoms in total. The summed E-state index contributed by atoms with van der Waals surface area (Å²) in [5.74, 6) is 0. The highest BCUT2D eigenvalue weighted by atomic mass is 35.5. The Kier molecular flexibility index (Phi) is 5.14. The van der Waals surface area contributed by atoms with Crippen LogP contribution in [0.4, 0.5) is 0 Å². The largest absolute Gasteiger partial charge is 0.312 e. The van der Waals surface area contributed by atoms with Crippen LogP contribution in [0.1, 0.15) is 58.4 Å². The van der Waals surface area contributed by atoms with Crippen molar-refractivity contribution in [2.75, 3.05) is 6.54 Å². The number of hydrogen-bond acceptors (Lipinski definition) is 1. The summed E-state index contributed by atoms with van der Waals surface area (Å²) in [6, 6.07) is 8.42. The van der Waals surface area contributed by atoms with Gasteiger partial charge in [-0.2, -0.15) is 0 Å². The molecule has 0 radical (unpaired) electrons. The van der Waals surface area contributed by atoms with E-state index in [9.17, 15) is 0 Å². The first-order valence-corrected chi connectivity index (χ1v) is 8.26. The van der Waals surface area contributed by atoms with Gasteiger partial charge in [0.1, 0.15) is 0 Å². The summed E-state index contributed by atoms with van der Waals surface area (Å²) in [4.78, 5) is 0. The van der Waals surface area contributed by atoms with Crippen LogP contribution in [0.25, 0.3) is 0 Å². The minimum atomic E-state index is 0.199. The molecule has 0 aliphatic heterocycles. The first kappa shape index (κ1) is 15.9. The van der Waals surface area contributed by atoms with Crippen molar-refractivity contribution < 1.29 is 0 Å².